The topological polar surface area (TPSA) is 129 Å². The van der Waals surface area contributed by atoms with Crippen LogP contribution in [0, 0.1) is 0 Å². The van der Waals surface area contributed by atoms with E-state index in [1.807, 2.05) is 23.0 Å². The van der Waals surface area contributed by atoms with Gasteiger partial charge in [0.05, 0.1) is 18.3 Å². The van der Waals surface area contributed by atoms with Gasteiger partial charge in [-0.2, -0.15) is 5.10 Å². The average molecular weight is 368 g/mol. The first-order valence-corrected chi connectivity index (χ1v) is 8.82. The van der Waals surface area contributed by atoms with Crippen LogP contribution in [0.25, 0.3) is 10.4 Å². The number of nitrogens with one attached hydrogen (secondary N) is 1. The zero-order valence-corrected chi connectivity index (χ0v) is 14.5. The number of carbonyl (C=O) groups excluding carboxylic acids is 2. The van der Waals surface area contributed by atoms with Gasteiger partial charge in [-0.05, 0) is 30.0 Å². The number of nitrogens with two attached hydrogens (primary N) is 2. The van der Waals surface area contributed by atoms with Crippen molar-refractivity contribution in [1.29, 1.82) is 0 Å². The minimum atomic E-state index is -0.724. The predicted octanol–water partition coefficient (Wildman–Crippen LogP) is 1.74. The highest BCUT2D eigenvalue weighted by Crippen LogP contribution is 2.45. The first-order valence-electron chi connectivity index (χ1n) is 8.00. The number of urea groups is 1. The van der Waals surface area contributed by atoms with E-state index in [-0.39, 0.29) is 0 Å². The van der Waals surface area contributed by atoms with E-state index in [4.69, 9.17) is 11.5 Å². The molecule has 5 N–H and O–H groups in total. The number of carbonyl (C=O) groups is 2. The predicted molar refractivity (Wildman–Crippen MR) is 98.0 cm³/mol. The molecular weight excluding hydrogens is 352 g/mol. The van der Waals surface area contributed by atoms with E-state index in [1.54, 1.807) is 12.4 Å². The molecule has 0 radical (unpaired) electrons. The van der Waals surface area contributed by atoms with Gasteiger partial charge < -0.3 is 11.5 Å². The number of primary amides is 2. The van der Waals surface area contributed by atoms with Gasteiger partial charge >= 0.3 is 6.03 Å². The molecule has 132 valence electrons. The second-order valence-electron chi connectivity index (χ2n) is 5.99. The molecule has 0 unspecified atom stereocenters. The summed E-state index contributed by atoms with van der Waals surface area (Å²) in [5.74, 6) is -0.572. The maximum absolute atomic E-state index is 11.9. The Morgan fingerprint density at radius 3 is 2.81 bits per heavy atom. The molecule has 26 heavy (non-hydrogen) atoms. The number of pyridine rings is 1. The first-order chi connectivity index (χ1) is 12.5. The Labute approximate surface area is 152 Å². The Kier molecular flexibility index (Phi) is 3.92. The van der Waals surface area contributed by atoms with E-state index >= 15 is 0 Å². The van der Waals surface area contributed by atoms with Crippen molar-refractivity contribution < 1.29 is 9.59 Å². The molecule has 0 bridgehead atoms. The van der Waals surface area contributed by atoms with Gasteiger partial charge in [0.25, 0.3) is 5.91 Å². The molecule has 8 nitrogen and oxygen atoms in total. The summed E-state index contributed by atoms with van der Waals surface area (Å²) in [6.07, 6.45) is 6.72. The number of thiophene rings is 1. The Morgan fingerprint density at radius 2 is 2.12 bits per heavy atom. The molecule has 0 saturated heterocycles. The quantitative estimate of drug-likeness (QED) is 0.648. The number of amides is 3. The van der Waals surface area contributed by atoms with Crippen LogP contribution < -0.4 is 16.8 Å². The minimum Gasteiger partial charge on any atom is -0.365 e. The van der Waals surface area contributed by atoms with Crippen molar-refractivity contribution in [2.75, 3.05) is 5.32 Å². The van der Waals surface area contributed by atoms with Gasteiger partial charge in [-0.3, -0.25) is 19.8 Å². The third kappa shape index (κ3) is 2.72. The normalized spacial score (nSPS) is 12.3. The molecule has 3 aromatic heterocycles. The van der Waals surface area contributed by atoms with Gasteiger partial charge in [0.1, 0.15) is 5.00 Å². The number of fused-ring (bicyclic) bond motifs is 3. The van der Waals surface area contributed by atoms with Crippen LogP contribution in [0.3, 0.4) is 0 Å². The van der Waals surface area contributed by atoms with Crippen molar-refractivity contribution in [3.63, 3.8) is 0 Å². The van der Waals surface area contributed by atoms with Gasteiger partial charge in [0.15, 0.2) is 0 Å². The maximum Gasteiger partial charge on any atom is 0.317 e. The van der Waals surface area contributed by atoms with Crippen molar-refractivity contribution in [2.24, 2.45) is 11.5 Å². The van der Waals surface area contributed by atoms with Crippen molar-refractivity contribution in [3.8, 4) is 10.4 Å². The monoisotopic (exact) mass is 368 g/mol. The van der Waals surface area contributed by atoms with Crippen LogP contribution in [-0.4, -0.2) is 26.7 Å². The molecule has 3 heterocycles. The highest BCUT2D eigenvalue weighted by molar-refractivity contribution is 7.20. The summed E-state index contributed by atoms with van der Waals surface area (Å²) in [4.78, 5) is 28.2. The van der Waals surface area contributed by atoms with Crippen LogP contribution in [0.2, 0.25) is 0 Å². The van der Waals surface area contributed by atoms with E-state index in [9.17, 15) is 9.59 Å². The van der Waals surface area contributed by atoms with Crippen LogP contribution >= 0.6 is 11.3 Å². The van der Waals surface area contributed by atoms with Crippen LogP contribution in [0.15, 0.2) is 30.7 Å². The minimum absolute atomic E-state index is 0.342. The molecule has 3 amide bonds. The molecule has 0 atom stereocenters. The first kappa shape index (κ1) is 16.3. The van der Waals surface area contributed by atoms with E-state index in [1.165, 1.54) is 11.3 Å². The highest BCUT2D eigenvalue weighted by atomic mass is 32.1. The molecule has 0 spiro atoms. The SMILES string of the molecule is NC(=O)Nc1sc2c(c1C(N)=O)CCc1c-2cnn1Cc1cccnc1. The fraction of sp³-hybridized carbons (Fsp3) is 0.176. The lowest BCUT2D eigenvalue weighted by atomic mass is 9.93. The molecule has 4 rings (SSSR count). The average Bonchev–Trinajstić information content (AvgIpc) is 3.16. The molecule has 0 fully saturated rings. The lowest BCUT2D eigenvalue weighted by Crippen LogP contribution is -2.22. The van der Waals surface area contributed by atoms with Crippen LogP contribution in [0.1, 0.15) is 27.2 Å². The molecular formula is C17H16N6O2S. The van der Waals surface area contributed by atoms with Gasteiger partial charge in [0.2, 0.25) is 0 Å². The van der Waals surface area contributed by atoms with Crippen molar-refractivity contribution in [1.82, 2.24) is 14.8 Å². The third-order valence-corrected chi connectivity index (χ3v) is 5.53. The Bertz CT molecular complexity index is 1010. The number of rotatable bonds is 4. The van der Waals surface area contributed by atoms with E-state index in [0.29, 0.717) is 23.5 Å². The number of hydrogen-bond donors (Lipinski definition) is 3. The van der Waals surface area contributed by atoms with Gasteiger partial charge in [-0.15, -0.1) is 11.3 Å². The zero-order valence-electron chi connectivity index (χ0n) is 13.7. The highest BCUT2D eigenvalue weighted by Gasteiger charge is 2.29. The van der Waals surface area contributed by atoms with Gasteiger partial charge in [-0.1, -0.05) is 6.07 Å². The van der Waals surface area contributed by atoms with Crippen molar-refractivity contribution in [3.05, 3.63) is 53.1 Å². The summed E-state index contributed by atoms with van der Waals surface area (Å²) in [7, 11) is 0. The largest absolute Gasteiger partial charge is 0.365 e. The summed E-state index contributed by atoms with van der Waals surface area (Å²) >= 11 is 1.30. The Morgan fingerprint density at radius 1 is 1.27 bits per heavy atom. The fourth-order valence-electron chi connectivity index (χ4n) is 3.29. The molecule has 9 heteroatoms. The summed E-state index contributed by atoms with van der Waals surface area (Å²) in [6, 6.07) is 3.17. The molecule has 1 aliphatic carbocycles. The maximum atomic E-state index is 11.9. The molecule has 1 aliphatic rings. The smallest absolute Gasteiger partial charge is 0.317 e. The zero-order chi connectivity index (χ0) is 18.3. The summed E-state index contributed by atoms with van der Waals surface area (Å²) < 4.78 is 1.94. The Hall–Kier alpha value is -3.20. The fourth-order valence-corrected chi connectivity index (χ4v) is 4.58. The second-order valence-corrected chi connectivity index (χ2v) is 7.01. The lowest BCUT2D eigenvalue weighted by Gasteiger charge is -2.15. The number of nitrogens with zero attached hydrogens (tertiary/aromatic N) is 3. The lowest BCUT2D eigenvalue weighted by molar-refractivity contribution is 0.100. The summed E-state index contributed by atoms with van der Waals surface area (Å²) in [5, 5.41) is 7.41. The van der Waals surface area contributed by atoms with Crippen molar-refractivity contribution in [2.45, 2.75) is 19.4 Å². The van der Waals surface area contributed by atoms with Crippen LogP contribution in [0.5, 0.6) is 0 Å². The van der Waals surface area contributed by atoms with Gasteiger partial charge in [0, 0.05) is 28.5 Å². The summed E-state index contributed by atoms with van der Waals surface area (Å²) in [6.45, 7) is 0.624. The van der Waals surface area contributed by atoms with E-state index in [2.05, 4.69) is 15.4 Å². The Balaban J connectivity index is 1.76. The molecule has 0 saturated carbocycles. The number of aromatic nitrogens is 3. The van der Waals surface area contributed by atoms with Crippen LogP contribution in [-0.2, 0) is 19.4 Å². The molecule has 0 aromatic carbocycles. The van der Waals surface area contributed by atoms with Gasteiger partial charge in [-0.25, -0.2) is 4.79 Å². The molecule has 3 aromatic rings. The standard InChI is InChI=1S/C17H16N6O2S/c18-15(24)13-10-3-4-12-11(14(10)26-16(13)22-17(19)25)7-21-23(12)8-9-2-1-5-20-6-9/h1-2,5-7H,3-4,8H2,(H2,18,24)(H3,19,22,25). The second kappa shape index (κ2) is 6.26. The number of hydrogen-bond acceptors (Lipinski definition) is 5. The van der Waals surface area contributed by atoms with E-state index < -0.39 is 11.9 Å². The number of anilines is 1. The van der Waals surface area contributed by atoms with E-state index in [0.717, 1.165) is 33.7 Å². The summed E-state index contributed by atoms with van der Waals surface area (Å²) in [5.41, 5.74) is 15.0. The van der Waals surface area contributed by atoms with Crippen molar-refractivity contribution >= 4 is 28.3 Å². The third-order valence-electron chi connectivity index (χ3n) is 4.35. The molecule has 0 aliphatic heterocycles. The van der Waals surface area contributed by atoms with Crippen LogP contribution in [0.4, 0.5) is 9.80 Å².